The normalized spacial score (nSPS) is 11.8. The SMILES string of the molecule is Cc1ccc(NC(=O)C(C)n2ncc(-c3ccc(C)cc3)nc2=O)cc1. The Morgan fingerprint density at radius 1 is 1.00 bits per heavy atom. The second-order valence-corrected chi connectivity index (χ2v) is 6.27. The maximum atomic E-state index is 12.4. The van der Waals surface area contributed by atoms with Crippen LogP contribution in [0.25, 0.3) is 11.3 Å². The van der Waals surface area contributed by atoms with Crippen LogP contribution in [0.3, 0.4) is 0 Å². The number of carbonyl (C=O) groups excluding carboxylic acids is 1. The second-order valence-electron chi connectivity index (χ2n) is 6.27. The molecule has 0 bridgehead atoms. The summed E-state index contributed by atoms with van der Waals surface area (Å²) in [6.07, 6.45) is 1.50. The predicted molar refractivity (Wildman–Crippen MR) is 101 cm³/mol. The Bertz CT molecular complexity index is 976. The van der Waals surface area contributed by atoms with Crippen molar-refractivity contribution in [2.45, 2.75) is 26.8 Å². The third-order valence-electron chi connectivity index (χ3n) is 4.13. The molecule has 0 spiro atoms. The molecule has 1 amide bonds. The van der Waals surface area contributed by atoms with Crippen LogP contribution in [0.4, 0.5) is 5.69 Å². The van der Waals surface area contributed by atoms with Crippen molar-refractivity contribution in [3.05, 3.63) is 76.3 Å². The molecule has 0 radical (unpaired) electrons. The van der Waals surface area contributed by atoms with Gasteiger partial charge in [0.2, 0.25) is 5.91 Å². The number of anilines is 1. The molecule has 0 aliphatic heterocycles. The number of amides is 1. The standard InChI is InChI=1S/C20H20N4O2/c1-13-4-8-16(9-5-13)18-12-21-24(20(26)23-18)15(3)19(25)22-17-10-6-14(2)7-11-17/h4-12,15H,1-3H3,(H,22,25). The molecule has 3 rings (SSSR count). The zero-order chi connectivity index (χ0) is 18.7. The van der Waals surface area contributed by atoms with Crippen LogP contribution in [0, 0.1) is 13.8 Å². The monoisotopic (exact) mass is 348 g/mol. The van der Waals surface area contributed by atoms with Crippen molar-refractivity contribution >= 4 is 11.6 Å². The Balaban J connectivity index is 1.79. The molecular formula is C20H20N4O2. The molecule has 0 aliphatic rings. The predicted octanol–water partition coefficient (Wildman–Crippen LogP) is 3.12. The minimum atomic E-state index is -0.775. The molecule has 1 heterocycles. The minimum Gasteiger partial charge on any atom is -0.324 e. The highest BCUT2D eigenvalue weighted by Crippen LogP contribution is 2.16. The Morgan fingerprint density at radius 2 is 1.58 bits per heavy atom. The molecule has 1 unspecified atom stereocenters. The zero-order valence-corrected chi connectivity index (χ0v) is 14.9. The topological polar surface area (TPSA) is 76.9 Å². The van der Waals surface area contributed by atoms with E-state index in [1.807, 2.05) is 62.4 Å². The molecule has 0 saturated carbocycles. The number of aromatic nitrogens is 3. The van der Waals surface area contributed by atoms with Crippen LogP contribution in [-0.4, -0.2) is 20.7 Å². The van der Waals surface area contributed by atoms with Crippen molar-refractivity contribution in [1.82, 2.24) is 14.8 Å². The quantitative estimate of drug-likeness (QED) is 0.786. The van der Waals surface area contributed by atoms with E-state index in [4.69, 9.17) is 0 Å². The smallest absolute Gasteiger partial charge is 0.324 e. The molecule has 1 atom stereocenters. The van der Waals surface area contributed by atoms with Crippen LogP contribution in [0.2, 0.25) is 0 Å². The van der Waals surface area contributed by atoms with Crippen molar-refractivity contribution in [3.63, 3.8) is 0 Å². The van der Waals surface area contributed by atoms with E-state index in [0.29, 0.717) is 11.4 Å². The van der Waals surface area contributed by atoms with E-state index >= 15 is 0 Å². The van der Waals surface area contributed by atoms with E-state index < -0.39 is 11.7 Å². The summed E-state index contributed by atoms with van der Waals surface area (Å²) < 4.78 is 1.08. The second kappa shape index (κ2) is 7.31. The number of rotatable bonds is 4. The molecule has 26 heavy (non-hydrogen) atoms. The maximum absolute atomic E-state index is 12.4. The van der Waals surface area contributed by atoms with E-state index in [9.17, 15) is 9.59 Å². The summed E-state index contributed by atoms with van der Waals surface area (Å²) in [5.74, 6) is -0.326. The lowest BCUT2D eigenvalue weighted by Crippen LogP contribution is -2.34. The van der Waals surface area contributed by atoms with Crippen LogP contribution in [0.15, 0.2) is 59.5 Å². The first kappa shape index (κ1) is 17.5. The number of nitrogens with one attached hydrogen (secondary N) is 1. The summed E-state index contributed by atoms with van der Waals surface area (Å²) in [5, 5.41) is 6.92. The van der Waals surface area contributed by atoms with Crippen molar-refractivity contribution in [2.24, 2.45) is 0 Å². The van der Waals surface area contributed by atoms with Gasteiger partial charge in [0.25, 0.3) is 0 Å². The highest BCUT2D eigenvalue weighted by molar-refractivity contribution is 5.93. The molecule has 0 saturated heterocycles. The maximum Gasteiger partial charge on any atom is 0.365 e. The van der Waals surface area contributed by atoms with Gasteiger partial charge in [0, 0.05) is 11.3 Å². The lowest BCUT2D eigenvalue weighted by Gasteiger charge is -2.14. The van der Waals surface area contributed by atoms with E-state index in [0.717, 1.165) is 21.4 Å². The fourth-order valence-corrected chi connectivity index (χ4v) is 2.47. The van der Waals surface area contributed by atoms with Gasteiger partial charge < -0.3 is 5.32 Å². The van der Waals surface area contributed by atoms with Crippen molar-refractivity contribution in [1.29, 1.82) is 0 Å². The average molecular weight is 348 g/mol. The fraction of sp³-hybridized carbons (Fsp3) is 0.200. The number of benzene rings is 2. The van der Waals surface area contributed by atoms with Gasteiger partial charge in [-0.1, -0.05) is 47.5 Å². The number of nitrogens with zero attached hydrogens (tertiary/aromatic N) is 3. The van der Waals surface area contributed by atoms with Crippen molar-refractivity contribution in [3.8, 4) is 11.3 Å². The summed E-state index contributed by atoms with van der Waals surface area (Å²) in [6.45, 7) is 5.58. The first-order valence-electron chi connectivity index (χ1n) is 8.34. The first-order chi connectivity index (χ1) is 12.4. The van der Waals surface area contributed by atoms with Crippen LogP contribution in [0.1, 0.15) is 24.1 Å². The number of hydrogen-bond donors (Lipinski definition) is 1. The average Bonchev–Trinajstić information content (AvgIpc) is 2.63. The van der Waals surface area contributed by atoms with Gasteiger partial charge in [0.05, 0.1) is 11.9 Å². The summed E-state index contributed by atoms with van der Waals surface area (Å²) in [6, 6.07) is 14.3. The summed E-state index contributed by atoms with van der Waals surface area (Å²) in [7, 11) is 0. The summed E-state index contributed by atoms with van der Waals surface area (Å²) >= 11 is 0. The number of carbonyl (C=O) groups is 1. The van der Waals surface area contributed by atoms with E-state index in [2.05, 4.69) is 15.4 Å². The van der Waals surface area contributed by atoms with Gasteiger partial charge in [0.1, 0.15) is 6.04 Å². The van der Waals surface area contributed by atoms with Gasteiger partial charge in [0.15, 0.2) is 0 Å². The lowest BCUT2D eigenvalue weighted by molar-refractivity contribution is -0.119. The fourth-order valence-electron chi connectivity index (χ4n) is 2.47. The molecule has 0 aliphatic carbocycles. The Morgan fingerprint density at radius 3 is 2.15 bits per heavy atom. The Labute approximate surface area is 151 Å². The Kier molecular flexibility index (Phi) is 4.93. The first-order valence-corrected chi connectivity index (χ1v) is 8.34. The third-order valence-corrected chi connectivity index (χ3v) is 4.13. The van der Waals surface area contributed by atoms with Crippen LogP contribution in [-0.2, 0) is 4.79 Å². The summed E-state index contributed by atoms with van der Waals surface area (Å²) in [4.78, 5) is 28.8. The molecular weight excluding hydrogens is 328 g/mol. The molecule has 3 aromatic rings. The minimum absolute atomic E-state index is 0.326. The van der Waals surface area contributed by atoms with Gasteiger partial charge in [-0.2, -0.15) is 10.1 Å². The van der Waals surface area contributed by atoms with E-state index in [1.165, 1.54) is 6.20 Å². The van der Waals surface area contributed by atoms with Gasteiger partial charge in [-0.05, 0) is 32.9 Å². The van der Waals surface area contributed by atoms with Gasteiger partial charge in [-0.15, -0.1) is 0 Å². The van der Waals surface area contributed by atoms with Crippen LogP contribution >= 0.6 is 0 Å². The number of hydrogen-bond acceptors (Lipinski definition) is 4. The molecule has 132 valence electrons. The molecule has 1 N–H and O–H groups in total. The molecule has 2 aromatic carbocycles. The van der Waals surface area contributed by atoms with E-state index in [1.54, 1.807) is 6.92 Å². The molecule has 6 heteroatoms. The third kappa shape index (κ3) is 3.85. The highest BCUT2D eigenvalue weighted by atomic mass is 16.2. The molecule has 6 nitrogen and oxygen atoms in total. The number of aryl methyl sites for hydroxylation is 2. The van der Waals surface area contributed by atoms with Gasteiger partial charge in [-0.3, -0.25) is 4.79 Å². The summed E-state index contributed by atoms with van der Waals surface area (Å²) in [5.41, 5.74) is 3.63. The van der Waals surface area contributed by atoms with Crippen molar-refractivity contribution in [2.75, 3.05) is 5.32 Å². The lowest BCUT2D eigenvalue weighted by atomic mass is 10.1. The van der Waals surface area contributed by atoms with Crippen LogP contribution in [0.5, 0.6) is 0 Å². The largest absolute Gasteiger partial charge is 0.365 e. The van der Waals surface area contributed by atoms with E-state index in [-0.39, 0.29) is 5.91 Å². The molecule has 1 aromatic heterocycles. The molecule has 0 fully saturated rings. The van der Waals surface area contributed by atoms with Crippen LogP contribution < -0.4 is 11.0 Å². The Hall–Kier alpha value is -3.28. The van der Waals surface area contributed by atoms with Gasteiger partial charge >= 0.3 is 5.69 Å². The van der Waals surface area contributed by atoms with Crippen molar-refractivity contribution < 1.29 is 4.79 Å². The highest BCUT2D eigenvalue weighted by Gasteiger charge is 2.18. The zero-order valence-electron chi connectivity index (χ0n) is 14.9. The van der Waals surface area contributed by atoms with Gasteiger partial charge in [-0.25, -0.2) is 9.48 Å².